The molecule has 2 rings (SSSR count). The Morgan fingerprint density at radius 3 is 2.65 bits per heavy atom. The van der Waals surface area contributed by atoms with Crippen molar-refractivity contribution in [2.75, 3.05) is 18.1 Å². The molecule has 0 saturated heterocycles. The highest BCUT2D eigenvalue weighted by Gasteiger charge is 2.09. The highest BCUT2D eigenvalue weighted by molar-refractivity contribution is 6.30. The van der Waals surface area contributed by atoms with Gasteiger partial charge in [0, 0.05) is 17.6 Å². The quantitative estimate of drug-likeness (QED) is 0.762. The molecule has 0 aromatic heterocycles. The molecular weight excluding hydrogens is 281 g/mol. The molecule has 0 unspecified atom stereocenters. The lowest BCUT2D eigenvalue weighted by Crippen LogP contribution is -2.18. The summed E-state index contributed by atoms with van der Waals surface area (Å²) in [5.74, 6) is -0.709. The minimum Gasteiger partial charge on any atom is -0.397 e. The molecule has 0 radical (unpaired) electrons. The number of carbonyl (C=O) groups excluding carboxylic acids is 1. The lowest BCUT2D eigenvalue weighted by Gasteiger charge is -2.12. The fraction of sp³-hybridized carbons (Fsp3) is 0.0714. The molecule has 0 atom stereocenters. The van der Waals surface area contributed by atoms with Gasteiger partial charge in [-0.3, -0.25) is 4.79 Å². The fourth-order valence-electron chi connectivity index (χ4n) is 1.69. The number of anilines is 3. The predicted molar refractivity (Wildman–Crippen MR) is 78.9 cm³/mol. The van der Waals surface area contributed by atoms with E-state index in [1.54, 1.807) is 18.2 Å². The van der Waals surface area contributed by atoms with E-state index in [9.17, 15) is 9.18 Å². The van der Waals surface area contributed by atoms with Crippen LogP contribution in [0.3, 0.4) is 0 Å². The molecule has 0 aliphatic carbocycles. The topological polar surface area (TPSA) is 67.2 Å². The molecule has 4 nitrogen and oxygen atoms in total. The molecule has 0 bridgehead atoms. The van der Waals surface area contributed by atoms with Crippen LogP contribution in [0.15, 0.2) is 36.4 Å². The van der Waals surface area contributed by atoms with Crippen LogP contribution in [0.1, 0.15) is 10.4 Å². The van der Waals surface area contributed by atoms with Crippen LogP contribution in [-0.4, -0.2) is 13.0 Å². The molecule has 0 aliphatic heterocycles. The summed E-state index contributed by atoms with van der Waals surface area (Å²) < 4.78 is 13.7. The number of nitrogens with one attached hydrogen (secondary N) is 2. The van der Waals surface area contributed by atoms with Crippen LogP contribution < -0.4 is 16.4 Å². The third kappa shape index (κ3) is 3.00. The average molecular weight is 294 g/mol. The molecule has 104 valence electrons. The second-order valence-corrected chi connectivity index (χ2v) is 4.57. The smallest absolute Gasteiger partial charge is 0.251 e. The summed E-state index contributed by atoms with van der Waals surface area (Å²) in [7, 11) is 1.53. The highest BCUT2D eigenvalue weighted by Crippen LogP contribution is 2.27. The van der Waals surface area contributed by atoms with Crippen LogP contribution in [0.2, 0.25) is 5.02 Å². The van der Waals surface area contributed by atoms with Crippen molar-refractivity contribution < 1.29 is 9.18 Å². The zero-order valence-electron chi connectivity index (χ0n) is 10.7. The minimum absolute atomic E-state index is 0.193. The molecule has 0 heterocycles. The van der Waals surface area contributed by atoms with Crippen molar-refractivity contribution in [1.82, 2.24) is 5.32 Å². The van der Waals surface area contributed by atoms with E-state index in [1.165, 1.54) is 25.2 Å². The summed E-state index contributed by atoms with van der Waals surface area (Å²) in [4.78, 5) is 11.6. The first-order valence-corrected chi connectivity index (χ1v) is 6.22. The van der Waals surface area contributed by atoms with Crippen molar-refractivity contribution in [2.24, 2.45) is 0 Å². The van der Waals surface area contributed by atoms with Gasteiger partial charge in [-0.15, -0.1) is 0 Å². The van der Waals surface area contributed by atoms with Gasteiger partial charge in [-0.1, -0.05) is 11.6 Å². The van der Waals surface area contributed by atoms with E-state index in [-0.39, 0.29) is 11.6 Å². The van der Waals surface area contributed by atoms with Crippen LogP contribution in [0.5, 0.6) is 0 Å². The summed E-state index contributed by atoms with van der Waals surface area (Å²) in [5, 5.41) is 5.74. The van der Waals surface area contributed by atoms with Gasteiger partial charge in [-0.2, -0.15) is 0 Å². The van der Waals surface area contributed by atoms with E-state index >= 15 is 0 Å². The summed E-state index contributed by atoms with van der Waals surface area (Å²) in [6.45, 7) is 0. The van der Waals surface area contributed by atoms with Gasteiger partial charge in [0.15, 0.2) is 0 Å². The van der Waals surface area contributed by atoms with Crippen LogP contribution in [0.4, 0.5) is 21.5 Å². The standard InChI is InChI=1S/C14H13ClFN3O/c1-18-14(20)8-2-5-11(17)13(6-8)19-12-7-9(15)3-4-10(12)16/h2-7,19H,17H2,1H3,(H,18,20). The number of hydrogen-bond donors (Lipinski definition) is 3. The molecular formula is C14H13ClFN3O. The van der Waals surface area contributed by atoms with Gasteiger partial charge in [0.1, 0.15) is 5.82 Å². The maximum atomic E-state index is 13.7. The first kappa shape index (κ1) is 14.1. The minimum atomic E-state index is -0.459. The van der Waals surface area contributed by atoms with Gasteiger partial charge in [-0.05, 0) is 36.4 Å². The van der Waals surface area contributed by atoms with E-state index in [4.69, 9.17) is 17.3 Å². The molecule has 2 aromatic rings. The Balaban J connectivity index is 2.37. The zero-order chi connectivity index (χ0) is 14.7. The number of rotatable bonds is 3. The van der Waals surface area contributed by atoms with Crippen molar-refractivity contribution >= 4 is 34.6 Å². The summed E-state index contributed by atoms with van der Waals surface area (Å²) in [6.07, 6.45) is 0. The number of benzene rings is 2. The SMILES string of the molecule is CNC(=O)c1ccc(N)c(Nc2cc(Cl)ccc2F)c1. The largest absolute Gasteiger partial charge is 0.397 e. The van der Waals surface area contributed by atoms with Crippen molar-refractivity contribution in [2.45, 2.75) is 0 Å². The van der Waals surface area contributed by atoms with Crippen LogP contribution in [-0.2, 0) is 0 Å². The highest BCUT2D eigenvalue weighted by atomic mass is 35.5. The normalized spacial score (nSPS) is 10.2. The number of hydrogen-bond acceptors (Lipinski definition) is 3. The van der Waals surface area contributed by atoms with E-state index < -0.39 is 5.82 Å². The van der Waals surface area contributed by atoms with Crippen molar-refractivity contribution in [3.8, 4) is 0 Å². The van der Waals surface area contributed by atoms with E-state index in [1.807, 2.05) is 0 Å². The van der Waals surface area contributed by atoms with E-state index in [0.717, 1.165) is 0 Å². The third-order valence-electron chi connectivity index (χ3n) is 2.74. The first-order chi connectivity index (χ1) is 9.51. The maximum Gasteiger partial charge on any atom is 0.251 e. The molecule has 0 aliphatic rings. The number of halogens is 2. The average Bonchev–Trinajstić information content (AvgIpc) is 2.44. The molecule has 0 spiro atoms. The molecule has 4 N–H and O–H groups in total. The molecule has 1 amide bonds. The maximum absolute atomic E-state index is 13.7. The monoisotopic (exact) mass is 293 g/mol. The van der Waals surface area contributed by atoms with Gasteiger partial charge in [0.05, 0.1) is 17.1 Å². The number of nitrogen functional groups attached to an aromatic ring is 1. The van der Waals surface area contributed by atoms with Gasteiger partial charge in [0.25, 0.3) is 5.91 Å². The Morgan fingerprint density at radius 1 is 1.20 bits per heavy atom. The molecule has 20 heavy (non-hydrogen) atoms. The van der Waals surface area contributed by atoms with Gasteiger partial charge in [-0.25, -0.2) is 4.39 Å². The Labute approximate surface area is 120 Å². The van der Waals surface area contributed by atoms with Crippen LogP contribution in [0.25, 0.3) is 0 Å². The molecule has 2 aromatic carbocycles. The Kier molecular flexibility index (Phi) is 4.10. The van der Waals surface area contributed by atoms with Crippen molar-refractivity contribution in [1.29, 1.82) is 0 Å². The Bertz CT molecular complexity index is 661. The predicted octanol–water partition coefficient (Wildman–Crippen LogP) is 3.16. The van der Waals surface area contributed by atoms with Gasteiger partial charge < -0.3 is 16.4 Å². The van der Waals surface area contributed by atoms with Crippen molar-refractivity contribution in [3.63, 3.8) is 0 Å². The Morgan fingerprint density at radius 2 is 1.95 bits per heavy atom. The van der Waals surface area contributed by atoms with Crippen molar-refractivity contribution in [3.05, 3.63) is 52.8 Å². The van der Waals surface area contributed by atoms with E-state index in [2.05, 4.69) is 10.6 Å². The van der Waals surface area contributed by atoms with Gasteiger partial charge >= 0.3 is 0 Å². The Hall–Kier alpha value is -2.27. The lowest BCUT2D eigenvalue weighted by atomic mass is 10.1. The van der Waals surface area contributed by atoms with Crippen LogP contribution >= 0.6 is 11.6 Å². The zero-order valence-corrected chi connectivity index (χ0v) is 11.5. The third-order valence-corrected chi connectivity index (χ3v) is 2.98. The second-order valence-electron chi connectivity index (χ2n) is 4.13. The van der Waals surface area contributed by atoms with Gasteiger partial charge in [0.2, 0.25) is 0 Å². The molecule has 0 saturated carbocycles. The fourth-order valence-corrected chi connectivity index (χ4v) is 1.86. The number of carbonyl (C=O) groups is 1. The first-order valence-electron chi connectivity index (χ1n) is 5.85. The van der Waals surface area contributed by atoms with Crippen LogP contribution in [0, 0.1) is 5.82 Å². The lowest BCUT2D eigenvalue weighted by molar-refractivity contribution is 0.0963. The number of nitrogens with two attached hydrogens (primary N) is 1. The summed E-state index contributed by atoms with van der Waals surface area (Å²) in [6, 6.07) is 8.87. The second kappa shape index (κ2) is 5.79. The summed E-state index contributed by atoms with van der Waals surface area (Å²) >= 11 is 5.82. The van der Waals surface area contributed by atoms with E-state index in [0.29, 0.717) is 22.0 Å². The molecule has 6 heteroatoms. The number of amides is 1. The molecule has 0 fully saturated rings. The summed E-state index contributed by atoms with van der Waals surface area (Å²) in [5.41, 5.74) is 7.27.